The smallest absolute Gasteiger partial charge is 0.374 e. The van der Waals surface area contributed by atoms with Crippen LogP contribution < -0.4 is 5.32 Å². The minimum atomic E-state index is -4.84. The molecule has 13 heteroatoms. The third-order valence-corrected chi connectivity index (χ3v) is 7.88. The van der Waals surface area contributed by atoms with Gasteiger partial charge in [-0.15, -0.1) is 0 Å². The molecule has 2 aromatic rings. The van der Waals surface area contributed by atoms with Crippen LogP contribution in [-0.4, -0.2) is 48.0 Å². The van der Waals surface area contributed by atoms with Gasteiger partial charge in [0, 0.05) is 24.1 Å². The van der Waals surface area contributed by atoms with Crippen molar-refractivity contribution >= 4 is 56.7 Å². The van der Waals surface area contributed by atoms with E-state index in [0.717, 1.165) is 17.2 Å². The number of benzene rings is 2. The molecule has 0 bridgehead atoms. The molecule has 0 saturated carbocycles. The average molecular weight is 609 g/mol. The number of nitrogens with one attached hydrogen (secondary N) is 1. The van der Waals surface area contributed by atoms with Gasteiger partial charge < -0.3 is 10.2 Å². The number of oxime groups is 1. The molecule has 0 aliphatic carbocycles. The number of rotatable bonds is 5. The molecule has 2 unspecified atom stereocenters. The Labute approximate surface area is 222 Å². The van der Waals surface area contributed by atoms with Crippen molar-refractivity contribution in [2.75, 3.05) is 13.2 Å². The Hall–Kier alpha value is -2.34. The van der Waals surface area contributed by atoms with Crippen molar-refractivity contribution in [3.8, 4) is 0 Å². The van der Waals surface area contributed by atoms with Crippen LogP contribution in [0.3, 0.4) is 0 Å². The van der Waals surface area contributed by atoms with Crippen molar-refractivity contribution in [3.05, 3.63) is 67.1 Å². The number of hydrogen-bond acceptors (Lipinski definition) is 5. The van der Waals surface area contributed by atoms with Gasteiger partial charge >= 0.3 is 6.18 Å². The van der Waals surface area contributed by atoms with E-state index in [-0.39, 0.29) is 43.9 Å². The molecule has 2 aromatic carbocycles. The van der Waals surface area contributed by atoms with Gasteiger partial charge in [0.15, 0.2) is 0 Å². The molecule has 0 aromatic heterocycles. The molecule has 2 amide bonds. The van der Waals surface area contributed by atoms with Crippen molar-refractivity contribution in [1.82, 2.24) is 10.4 Å². The Kier molecular flexibility index (Phi) is 7.31. The van der Waals surface area contributed by atoms with Gasteiger partial charge in [0.2, 0.25) is 0 Å². The molecule has 36 heavy (non-hydrogen) atoms. The number of carbonyl (C=O) groups is 2. The molecule has 2 atom stereocenters. The SMILES string of the molecule is CCN1OCC(NC(=O)c2ccc(C3=NOC(c4cc(Cl)c(Br)c(Cl)c4)(C(F)(F)F)C3)cc2C)C1=O. The van der Waals surface area contributed by atoms with Gasteiger partial charge in [0.05, 0.1) is 20.2 Å². The van der Waals surface area contributed by atoms with Crippen LogP contribution in [0.1, 0.15) is 40.4 Å². The lowest BCUT2D eigenvalue weighted by Crippen LogP contribution is -2.43. The van der Waals surface area contributed by atoms with E-state index in [1.807, 2.05) is 0 Å². The topological polar surface area (TPSA) is 80.2 Å². The minimum absolute atomic E-state index is 0.00223. The van der Waals surface area contributed by atoms with Gasteiger partial charge in [0.25, 0.3) is 17.4 Å². The van der Waals surface area contributed by atoms with Gasteiger partial charge in [-0.1, -0.05) is 34.4 Å². The summed E-state index contributed by atoms with van der Waals surface area (Å²) in [6.45, 7) is 3.74. The normalized spacial score (nSPS) is 22.0. The van der Waals surface area contributed by atoms with Crippen LogP contribution in [0.5, 0.6) is 0 Å². The third-order valence-electron chi connectivity index (χ3n) is 5.97. The maximum Gasteiger partial charge on any atom is 0.435 e. The first-order valence-corrected chi connectivity index (χ1v) is 12.3. The van der Waals surface area contributed by atoms with E-state index in [2.05, 4.69) is 26.4 Å². The molecule has 2 aliphatic rings. The maximum atomic E-state index is 14.3. The number of alkyl halides is 3. The number of amides is 2. The molecule has 0 radical (unpaired) electrons. The highest BCUT2D eigenvalue weighted by atomic mass is 79.9. The predicted molar refractivity (Wildman–Crippen MR) is 130 cm³/mol. The first-order chi connectivity index (χ1) is 16.9. The van der Waals surface area contributed by atoms with E-state index < -0.39 is 30.1 Å². The summed E-state index contributed by atoms with van der Waals surface area (Å²) >= 11 is 15.2. The van der Waals surface area contributed by atoms with Crippen LogP contribution in [0.25, 0.3) is 0 Å². The van der Waals surface area contributed by atoms with Crippen LogP contribution >= 0.6 is 39.1 Å². The summed E-state index contributed by atoms with van der Waals surface area (Å²) < 4.78 is 43.1. The highest BCUT2D eigenvalue weighted by Gasteiger charge is 2.62. The summed E-state index contributed by atoms with van der Waals surface area (Å²) in [7, 11) is 0. The van der Waals surface area contributed by atoms with E-state index in [0.29, 0.717) is 17.7 Å². The van der Waals surface area contributed by atoms with Gasteiger partial charge in [-0.25, -0.2) is 5.06 Å². The molecule has 1 fully saturated rings. The molecule has 1 N–H and O–H groups in total. The molecule has 1 saturated heterocycles. The first-order valence-electron chi connectivity index (χ1n) is 10.7. The zero-order valence-corrected chi connectivity index (χ0v) is 22.0. The summed E-state index contributed by atoms with van der Waals surface area (Å²) in [6, 6.07) is 5.92. The summed E-state index contributed by atoms with van der Waals surface area (Å²) in [4.78, 5) is 35.2. The van der Waals surface area contributed by atoms with Crippen LogP contribution in [0, 0.1) is 6.92 Å². The Morgan fingerprint density at radius 3 is 2.50 bits per heavy atom. The van der Waals surface area contributed by atoms with Crippen LogP contribution in [0.4, 0.5) is 13.2 Å². The first kappa shape index (κ1) is 26.7. The molecular formula is C23H19BrCl2F3N3O4. The molecule has 0 spiro atoms. The van der Waals surface area contributed by atoms with E-state index in [1.165, 1.54) is 18.2 Å². The fourth-order valence-electron chi connectivity index (χ4n) is 4.00. The Balaban J connectivity index is 1.57. The molecule has 2 heterocycles. The number of aryl methyl sites for hydroxylation is 1. The molecule has 4 rings (SSSR count). The standard InChI is InChI=1S/C23H19BrCl2F3N3O4/c1-3-32-21(34)18(10-35-32)30-20(33)14-5-4-12(6-11(14)2)17-9-22(36-31-17,23(27,28)29)13-7-15(25)19(24)16(26)8-13/h4-8,18H,3,9-10H2,1-2H3,(H,30,33). The maximum absolute atomic E-state index is 14.3. The van der Waals surface area contributed by atoms with Gasteiger partial charge in [-0.2, -0.15) is 13.2 Å². The van der Waals surface area contributed by atoms with Gasteiger partial charge in [0.1, 0.15) is 12.6 Å². The predicted octanol–water partition coefficient (Wildman–Crippen LogP) is 5.54. The number of carbonyl (C=O) groups excluding carboxylic acids is 2. The van der Waals surface area contributed by atoms with Crippen molar-refractivity contribution < 1.29 is 32.4 Å². The summed E-state index contributed by atoms with van der Waals surface area (Å²) in [5, 5.41) is 7.52. The lowest BCUT2D eigenvalue weighted by molar-refractivity contribution is -0.275. The fraction of sp³-hybridized carbons (Fsp3) is 0.348. The lowest BCUT2D eigenvalue weighted by Gasteiger charge is -2.30. The van der Waals surface area contributed by atoms with Crippen LogP contribution in [-0.2, 0) is 20.1 Å². The van der Waals surface area contributed by atoms with Gasteiger partial charge in [-0.3, -0.25) is 14.4 Å². The third kappa shape index (κ3) is 4.69. The average Bonchev–Trinajstić information content (AvgIpc) is 3.42. The largest absolute Gasteiger partial charge is 0.435 e. The molecule has 7 nitrogen and oxygen atoms in total. The zero-order valence-electron chi connectivity index (χ0n) is 18.9. The highest BCUT2D eigenvalue weighted by Crippen LogP contribution is 2.50. The minimum Gasteiger partial charge on any atom is -0.374 e. The molecule has 192 valence electrons. The van der Waals surface area contributed by atoms with Crippen LogP contribution in [0.15, 0.2) is 40.0 Å². The zero-order chi connectivity index (χ0) is 26.4. The Morgan fingerprint density at radius 1 is 1.28 bits per heavy atom. The molecule has 2 aliphatic heterocycles. The highest BCUT2D eigenvalue weighted by molar-refractivity contribution is 9.10. The number of hydroxylamine groups is 2. The van der Waals surface area contributed by atoms with Crippen molar-refractivity contribution in [2.45, 2.75) is 38.1 Å². The fourth-order valence-corrected chi connectivity index (χ4v) is 4.72. The van der Waals surface area contributed by atoms with E-state index in [1.54, 1.807) is 13.8 Å². The second-order valence-corrected chi connectivity index (χ2v) is 9.88. The Morgan fingerprint density at radius 2 is 1.94 bits per heavy atom. The summed E-state index contributed by atoms with van der Waals surface area (Å²) in [6.07, 6.45) is -5.47. The lowest BCUT2D eigenvalue weighted by atomic mass is 9.86. The van der Waals surface area contributed by atoms with Gasteiger partial charge in [-0.05, 0) is 65.2 Å². The second kappa shape index (κ2) is 9.85. The number of nitrogens with zero attached hydrogens (tertiary/aromatic N) is 2. The second-order valence-electron chi connectivity index (χ2n) is 8.27. The molecular weight excluding hydrogens is 590 g/mol. The summed E-state index contributed by atoms with van der Waals surface area (Å²) in [5.74, 6) is -0.860. The van der Waals surface area contributed by atoms with E-state index in [4.69, 9.17) is 32.9 Å². The van der Waals surface area contributed by atoms with E-state index >= 15 is 0 Å². The number of hydrogen-bond donors (Lipinski definition) is 1. The quantitative estimate of drug-likeness (QED) is 0.452. The van der Waals surface area contributed by atoms with Crippen molar-refractivity contribution in [1.29, 1.82) is 0 Å². The Bertz CT molecular complexity index is 1250. The van der Waals surface area contributed by atoms with Crippen molar-refractivity contribution in [3.63, 3.8) is 0 Å². The number of halogens is 6. The van der Waals surface area contributed by atoms with E-state index in [9.17, 15) is 22.8 Å². The number of likely N-dealkylation sites (N-methyl/N-ethyl adjacent to an activating group) is 1. The monoisotopic (exact) mass is 607 g/mol. The van der Waals surface area contributed by atoms with Crippen molar-refractivity contribution in [2.24, 2.45) is 5.16 Å². The van der Waals surface area contributed by atoms with Crippen LogP contribution in [0.2, 0.25) is 10.0 Å². The summed E-state index contributed by atoms with van der Waals surface area (Å²) in [5.41, 5.74) is -1.95.